The number of benzene rings is 10. The number of nitrogens with zero attached hydrogens (tertiary/aromatic N) is 3. The molecule has 0 atom stereocenters. The quantitative estimate of drug-likeness (QED) is 0.164. The summed E-state index contributed by atoms with van der Waals surface area (Å²) in [5.74, 6) is 0. The Labute approximate surface area is 369 Å². The Hall–Kier alpha value is -8.40. The molecule has 10 aromatic carbocycles. The first kappa shape index (κ1) is 35.2. The number of aromatic nitrogens is 3. The van der Waals surface area contributed by atoms with Crippen LogP contribution in [0.15, 0.2) is 237 Å². The van der Waals surface area contributed by atoms with Crippen molar-refractivity contribution in [1.29, 1.82) is 0 Å². The molecule has 0 fully saturated rings. The van der Waals surface area contributed by atoms with E-state index in [4.69, 9.17) is 0 Å². The summed E-state index contributed by atoms with van der Waals surface area (Å²) in [4.78, 5) is 0. The van der Waals surface area contributed by atoms with E-state index in [0.29, 0.717) is 0 Å². The molecular formula is C61H39N3. The molecule has 0 N–H and O–H groups in total. The van der Waals surface area contributed by atoms with Gasteiger partial charge in [-0.2, -0.15) is 0 Å². The Morgan fingerprint density at radius 3 is 1.25 bits per heavy atom. The minimum absolute atomic E-state index is 0.504. The highest BCUT2D eigenvalue weighted by Gasteiger charge is 2.46. The van der Waals surface area contributed by atoms with Crippen LogP contribution < -0.4 is 0 Å². The molecular weight excluding hydrogens is 775 g/mol. The van der Waals surface area contributed by atoms with Gasteiger partial charge in [0.1, 0.15) is 0 Å². The van der Waals surface area contributed by atoms with Crippen molar-refractivity contribution in [2.45, 2.75) is 5.41 Å². The summed E-state index contributed by atoms with van der Waals surface area (Å²) < 4.78 is 7.43. The first-order valence-electron chi connectivity index (χ1n) is 22.2. The van der Waals surface area contributed by atoms with Crippen LogP contribution in [0, 0.1) is 0 Å². The standard InChI is InChI=1S/C61H39N3/c1-4-18-40(19-5-1)61(53-28-14-10-24-45(53)46-25-11-15-29-54(46)61)41-32-36-57-51(38-41)49-34-35-50-52-39-44(62-55-30-16-12-26-47(55)48-27-13-17-31-56(48)62)33-37-58(52)64(43-22-8-3-9-23-43)60(50)59(49)63(57)42-20-6-2-7-21-42/h1-39H. The van der Waals surface area contributed by atoms with Crippen molar-refractivity contribution < 1.29 is 0 Å². The number of hydrogen-bond donors (Lipinski definition) is 0. The largest absolute Gasteiger partial charge is 0.309 e. The van der Waals surface area contributed by atoms with Crippen LogP contribution in [0.25, 0.3) is 93.6 Å². The van der Waals surface area contributed by atoms with Crippen LogP contribution in [0.1, 0.15) is 22.3 Å². The molecule has 0 radical (unpaired) electrons. The summed E-state index contributed by atoms with van der Waals surface area (Å²) in [6.07, 6.45) is 0. The molecule has 0 saturated carbocycles. The second-order valence-electron chi connectivity index (χ2n) is 17.2. The molecule has 0 aliphatic heterocycles. The molecule has 3 heteroatoms. The molecule has 1 aliphatic carbocycles. The highest BCUT2D eigenvalue weighted by Crippen LogP contribution is 2.57. The fourth-order valence-electron chi connectivity index (χ4n) is 11.6. The monoisotopic (exact) mass is 813 g/mol. The summed E-state index contributed by atoms with van der Waals surface area (Å²) in [5, 5.41) is 7.40. The summed E-state index contributed by atoms with van der Waals surface area (Å²) in [6, 6.07) is 87.6. The maximum absolute atomic E-state index is 2.51. The van der Waals surface area contributed by atoms with Crippen LogP contribution in [0.2, 0.25) is 0 Å². The Morgan fingerprint density at radius 2 is 0.688 bits per heavy atom. The van der Waals surface area contributed by atoms with E-state index in [2.05, 4.69) is 250 Å². The third-order valence-electron chi connectivity index (χ3n) is 14.1. The van der Waals surface area contributed by atoms with Crippen molar-refractivity contribution in [1.82, 2.24) is 13.7 Å². The van der Waals surface area contributed by atoms with Crippen molar-refractivity contribution in [3.63, 3.8) is 0 Å². The van der Waals surface area contributed by atoms with Crippen LogP contribution in [-0.2, 0) is 5.41 Å². The van der Waals surface area contributed by atoms with E-state index in [0.717, 1.165) is 17.1 Å². The summed E-state index contributed by atoms with van der Waals surface area (Å²) >= 11 is 0. The SMILES string of the molecule is c1ccc(-n2c3ccc(-n4c5ccccc5c5ccccc54)cc3c3ccc4c5cc(C6(c7ccccc7)c7ccccc7-c7ccccc76)ccc5n(-c5ccccc5)c4c32)cc1. The molecule has 3 aromatic heterocycles. The molecule has 3 heterocycles. The van der Waals surface area contributed by atoms with E-state index in [1.165, 1.54) is 98.8 Å². The Kier molecular flexibility index (Phi) is 7.32. The minimum atomic E-state index is -0.504. The van der Waals surface area contributed by atoms with E-state index >= 15 is 0 Å². The number of hydrogen-bond acceptors (Lipinski definition) is 0. The fraction of sp³-hybridized carbons (Fsp3) is 0.0164. The Balaban J connectivity index is 1.12. The van der Waals surface area contributed by atoms with Crippen molar-refractivity contribution in [3.05, 3.63) is 259 Å². The number of rotatable bonds is 5. The molecule has 0 bridgehead atoms. The lowest BCUT2D eigenvalue weighted by Crippen LogP contribution is -2.28. The van der Waals surface area contributed by atoms with Crippen molar-refractivity contribution in [3.8, 4) is 28.2 Å². The zero-order valence-electron chi connectivity index (χ0n) is 34.9. The normalized spacial score (nSPS) is 13.1. The molecule has 13 aromatic rings. The van der Waals surface area contributed by atoms with Gasteiger partial charge in [-0.25, -0.2) is 0 Å². The van der Waals surface area contributed by atoms with Gasteiger partial charge in [0.15, 0.2) is 0 Å². The van der Waals surface area contributed by atoms with Crippen molar-refractivity contribution >= 4 is 65.4 Å². The molecule has 0 amide bonds. The Morgan fingerprint density at radius 1 is 0.250 bits per heavy atom. The predicted octanol–water partition coefficient (Wildman–Crippen LogP) is 15.3. The summed E-state index contributed by atoms with van der Waals surface area (Å²) in [7, 11) is 0. The minimum Gasteiger partial charge on any atom is -0.309 e. The van der Waals surface area contributed by atoms with E-state index < -0.39 is 5.41 Å². The van der Waals surface area contributed by atoms with E-state index in [9.17, 15) is 0 Å². The smallest absolute Gasteiger partial charge is 0.0788 e. The summed E-state index contributed by atoms with van der Waals surface area (Å²) in [6.45, 7) is 0. The van der Waals surface area contributed by atoms with Gasteiger partial charge in [-0.3, -0.25) is 0 Å². The molecule has 0 unspecified atom stereocenters. The van der Waals surface area contributed by atoms with Gasteiger partial charge in [-0.15, -0.1) is 0 Å². The van der Waals surface area contributed by atoms with Gasteiger partial charge in [-0.05, 0) is 100 Å². The third-order valence-corrected chi connectivity index (χ3v) is 14.1. The van der Waals surface area contributed by atoms with Crippen molar-refractivity contribution in [2.24, 2.45) is 0 Å². The Bertz CT molecular complexity index is 3900. The molecule has 0 saturated heterocycles. The lowest BCUT2D eigenvalue weighted by atomic mass is 9.67. The fourth-order valence-corrected chi connectivity index (χ4v) is 11.6. The average Bonchev–Trinajstić information content (AvgIpc) is 4.08. The van der Waals surface area contributed by atoms with Gasteiger partial charge < -0.3 is 13.7 Å². The zero-order chi connectivity index (χ0) is 41.9. The van der Waals surface area contributed by atoms with Gasteiger partial charge >= 0.3 is 0 Å². The van der Waals surface area contributed by atoms with E-state index in [1.54, 1.807) is 0 Å². The second kappa shape index (κ2) is 13.3. The van der Waals surface area contributed by atoms with Crippen LogP contribution in [0.4, 0.5) is 0 Å². The third kappa shape index (κ3) is 4.65. The molecule has 298 valence electrons. The first-order chi connectivity index (χ1) is 31.8. The van der Waals surface area contributed by atoms with E-state index in [1.807, 2.05) is 0 Å². The average molecular weight is 814 g/mol. The van der Waals surface area contributed by atoms with Crippen molar-refractivity contribution in [2.75, 3.05) is 0 Å². The second-order valence-corrected chi connectivity index (χ2v) is 17.2. The molecule has 64 heavy (non-hydrogen) atoms. The zero-order valence-corrected chi connectivity index (χ0v) is 34.9. The van der Waals surface area contributed by atoms with Gasteiger partial charge in [0.25, 0.3) is 0 Å². The van der Waals surface area contributed by atoms with Gasteiger partial charge in [0.2, 0.25) is 0 Å². The van der Waals surface area contributed by atoms with Gasteiger partial charge in [0.05, 0.1) is 38.5 Å². The van der Waals surface area contributed by atoms with Crippen LogP contribution in [0.5, 0.6) is 0 Å². The predicted molar refractivity (Wildman–Crippen MR) is 267 cm³/mol. The van der Waals surface area contributed by atoms with Gasteiger partial charge in [0, 0.05) is 49.4 Å². The van der Waals surface area contributed by atoms with E-state index in [-0.39, 0.29) is 0 Å². The van der Waals surface area contributed by atoms with Crippen LogP contribution in [0.3, 0.4) is 0 Å². The van der Waals surface area contributed by atoms with Gasteiger partial charge in [-0.1, -0.05) is 170 Å². The lowest BCUT2D eigenvalue weighted by molar-refractivity contribution is 0.770. The highest BCUT2D eigenvalue weighted by atomic mass is 15.0. The molecule has 14 rings (SSSR count). The first-order valence-corrected chi connectivity index (χ1v) is 22.2. The molecule has 3 nitrogen and oxygen atoms in total. The topological polar surface area (TPSA) is 14.8 Å². The highest BCUT2D eigenvalue weighted by molar-refractivity contribution is 6.24. The maximum atomic E-state index is 2.51. The molecule has 0 spiro atoms. The maximum Gasteiger partial charge on any atom is 0.0788 e. The number of fused-ring (bicyclic) bond motifs is 13. The van der Waals surface area contributed by atoms with Crippen LogP contribution in [-0.4, -0.2) is 13.7 Å². The number of para-hydroxylation sites is 4. The molecule has 1 aliphatic rings. The van der Waals surface area contributed by atoms with Crippen LogP contribution >= 0.6 is 0 Å². The summed E-state index contributed by atoms with van der Waals surface area (Å²) in [5.41, 5.74) is 17.8. The lowest BCUT2D eigenvalue weighted by Gasteiger charge is -2.34.